The number of carbonyl (C=O) groups excluding carboxylic acids is 2. The standard InChI is InChI=1S/C19H23N3O4S2/c1-3-27-7-6-14(19(25)26)21-18(24)12-8-17(23)22(10-12)13-4-5-16-15(9-13)20-11(2)28-16/h4-5,9,12,14H,3,6-8,10H2,1-2H3,(H,21,24)(H,25,26). The lowest BCUT2D eigenvalue weighted by molar-refractivity contribution is -0.142. The van der Waals surface area contributed by atoms with Gasteiger partial charge in [0.1, 0.15) is 6.04 Å². The number of benzene rings is 1. The van der Waals surface area contributed by atoms with Gasteiger partial charge in [0.2, 0.25) is 11.8 Å². The lowest BCUT2D eigenvalue weighted by Gasteiger charge is -2.18. The summed E-state index contributed by atoms with van der Waals surface area (Å²) >= 11 is 3.22. The molecule has 1 aromatic carbocycles. The second-order valence-electron chi connectivity index (χ2n) is 6.68. The van der Waals surface area contributed by atoms with Gasteiger partial charge in [0.05, 0.1) is 21.1 Å². The highest BCUT2D eigenvalue weighted by atomic mass is 32.2. The molecule has 0 radical (unpaired) electrons. The largest absolute Gasteiger partial charge is 0.480 e. The summed E-state index contributed by atoms with van der Waals surface area (Å²) in [6, 6.07) is 4.73. The molecule has 0 spiro atoms. The smallest absolute Gasteiger partial charge is 0.326 e. The summed E-state index contributed by atoms with van der Waals surface area (Å²) < 4.78 is 1.05. The molecule has 2 N–H and O–H groups in total. The fraction of sp³-hybridized carbons (Fsp3) is 0.474. The van der Waals surface area contributed by atoms with Crippen molar-refractivity contribution in [2.45, 2.75) is 32.7 Å². The van der Waals surface area contributed by atoms with E-state index in [0.717, 1.165) is 21.0 Å². The maximum Gasteiger partial charge on any atom is 0.326 e. The molecule has 1 saturated heterocycles. The van der Waals surface area contributed by atoms with Gasteiger partial charge in [-0.25, -0.2) is 9.78 Å². The number of nitrogens with zero attached hydrogens (tertiary/aromatic N) is 2. The number of thiazole rings is 1. The Hall–Kier alpha value is -2.13. The van der Waals surface area contributed by atoms with Gasteiger partial charge in [0.25, 0.3) is 0 Å². The molecule has 1 fully saturated rings. The molecule has 0 aliphatic carbocycles. The predicted molar refractivity (Wildman–Crippen MR) is 112 cm³/mol. The van der Waals surface area contributed by atoms with E-state index in [2.05, 4.69) is 10.3 Å². The number of carbonyl (C=O) groups is 3. The molecule has 1 aromatic heterocycles. The van der Waals surface area contributed by atoms with Crippen molar-refractivity contribution in [2.24, 2.45) is 5.92 Å². The lowest BCUT2D eigenvalue weighted by atomic mass is 10.1. The van der Waals surface area contributed by atoms with Gasteiger partial charge < -0.3 is 15.3 Å². The molecule has 0 bridgehead atoms. The summed E-state index contributed by atoms with van der Waals surface area (Å²) in [6.07, 6.45) is 0.444. The number of nitrogens with one attached hydrogen (secondary N) is 1. The van der Waals surface area contributed by atoms with E-state index in [4.69, 9.17) is 0 Å². The maximum atomic E-state index is 12.6. The van der Waals surface area contributed by atoms with E-state index in [1.165, 1.54) is 0 Å². The Morgan fingerprint density at radius 2 is 2.25 bits per heavy atom. The first-order chi connectivity index (χ1) is 13.4. The van der Waals surface area contributed by atoms with E-state index < -0.39 is 17.9 Å². The molecule has 2 aromatic rings. The van der Waals surface area contributed by atoms with E-state index in [0.29, 0.717) is 17.9 Å². The van der Waals surface area contributed by atoms with Crippen LogP contribution in [-0.2, 0) is 14.4 Å². The topological polar surface area (TPSA) is 99.6 Å². The number of aromatic nitrogens is 1. The Kier molecular flexibility index (Phi) is 6.56. The van der Waals surface area contributed by atoms with Crippen LogP contribution in [0.5, 0.6) is 0 Å². The first-order valence-electron chi connectivity index (χ1n) is 9.17. The molecular formula is C19H23N3O4S2. The maximum absolute atomic E-state index is 12.6. The Morgan fingerprint density at radius 3 is 2.96 bits per heavy atom. The number of aliphatic carboxylic acids is 1. The number of hydrogen-bond acceptors (Lipinski definition) is 6. The van der Waals surface area contributed by atoms with Crippen molar-refractivity contribution in [3.8, 4) is 0 Å². The van der Waals surface area contributed by atoms with Crippen molar-refractivity contribution in [1.29, 1.82) is 0 Å². The molecule has 0 saturated carbocycles. The van der Waals surface area contributed by atoms with Gasteiger partial charge in [-0.1, -0.05) is 6.92 Å². The highest BCUT2D eigenvalue weighted by Crippen LogP contribution is 2.30. The Balaban J connectivity index is 1.66. The number of rotatable bonds is 8. The Labute approximate surface area is 171 Å². The number of fused-ring (bicyclic) bond motifs is 1. The van der Waals surface area contributed by atoms with Crippen molar-refractivity contribution in [3.63, 3.8) is 0 Å². The molecule has 2 atom stereocenters. The second-order valence-corrected chi connectivity index (χ2v) is 9.30. The number of hydrogen-bond donors (Lipinski definition) is 2. The van der Waals surface area contributed by atoms with E-state index in [1.807, 2.05) is 32.0 Å². The zero-order valence-corrected chi connectivity index (χ0v) is 17.4. The highest BCUT2D eigenvalue weighted by molar-refractivity contribution is 7.99. The molecule has 3 rings (SSSR count). The third kappa shape index (κ3) is 4.64. The minimum atomic E-state index is -1.05. The van der Waals surface area contributed by atoms with Gasteiger partial charge in [0, 0.05) is 18.7 Å². The molecule has 28 heavy (non-hydrogen) atoms. The van der Waals surface area contributed by atoms with Gasteiger partial charge >= 0.3 is 5.97 Å². The van der Waals surface area contributed by atoms with Crippen LogP contribution in [0.25, 0.3) is 10.2 Å². The minimum absolute atomic E-state index is 0.0794. The summed E-state index contributed by atoms with van der Waals surface area (Å²) in [6.45, 7) is 4.18. The Morgan fingerprint density at radius 1 is 1.46 bits per heavy atom. The van der Waals surface area contributed by atoms with Crippen LogP contribution < -0.4 is 10.2 Å². The van der Waals surface area contributed by atoms with Crippen molar-refractivity contribution in [1.82, 2.24) is 10.3 Å². The van der Waals surface area contributed by atoms with E-state index in [-0.39, 0.29) is 24.8 Å². The van der Waals surface area contributed by atoms with E-state index in [9.17, 15) is 19.5 Å². The van der Waals surface area contributed by atoms with Gasteiger partial charge in [-0.05, 0) is 43.0 Å². The van der Waals surface area contributed by atoms with Crippen LogP contribution in [0.3, 0.4) is 0 Å². The van der Waals surface area contributed by atoms with E-state index in [1.54, 1.807) is 28.0 Å². The van der Waals surface area contributed by atoms with Crippen LogP contribution in [0, 0.1) is 12.8 Å². The highest BCUT2D eigenvalue weighted by Gasteiger charge is 2.36. The molecule has 1 aliphatic heterocycles. The number of carboxylic acids is 1. The van der Waals surface area contributed by atoms with Gasteiger partial charge in [-0.3, -0.25) is 9.59 Å². The number of thioether (sulfide) groups is 1. The predicted octanol–water partition coefficient (Wildman–Crippen LogP) is 2.67. The monoisotopic (exact) mass is 421 g/mol. The summed E-state index contributed by atoms with van der Waals surface area (Å²) in [7, 11) is 0. The third-order valence-corrected chi connectivity index (χ3v) is 6.54. The summed E-state index contributed by atoms with van der Waals surface area (Å²) in [4.78, 5) is 42.5. The molecular weight excluding hydrogens is 398 g/mol. The molecule has 1 aliphatic rings. The summed E-state index contributed by atoms with van der Waals surface area (Å²) in [5, 5.41) is 12.9. The van der Waals surface area contributed by atoms with Crippen LogP contribution in [0.15, 0.2) is 18.2 Å². The normalized spacial score (nSPS) is 17.9. The quantitative estimate of drug-likeness (QED) is 0.636. The van der Waals surface area contributed by atoms with Crippen molar-refractivity contribution in [3.05, 3.63) is 23.2 Å². The zero-order valence-electron chi connectivity index (χ0n) is 15.8. The van der Waals surface area contributed by atoms with Crippen LogP contribution in [-0.4, -0.2) is 52.0 Å². The SMILES string of the molecule is CCSCCC(NC(=O)C1CC(=O)N(c2ccc3sc(C)nc3c2)C1)C(=O)O. The van der Waals surface area contributed by atoms with Gasteiger partial charge in [0.15, 0.2) is 0 Å². The number of aryl methyl sites for hydroxylation is 1. The first-order valence-corrected chi connectivity index (χ1v) is 11.1. The second kappa shape index (κ2) is 8.91. The molecule has 150 valence electrons. The average Bonchev–Trinajstić information content (AvgIpc) is 3.21. The molecule has 7 nitrogen and oxygen atoms in total. The van der Waals surface area contributed by atoms with Gasteiger partial charge in [-0.15, -0.1) is 11.3 Å². The minimum Gasteiger partial charge on any atom is -0.480 e. The summed E-state index contributed by atoms with van der Waals surface area (Å²) in [5.74, 6) is -0.557. The first kappa shape index (κ1) is 20.6. The van der Waals surface area contributed by atoms with Gasteiger partial charge in [-0.2, -0.15) is 11.8 Å². The number of carboxylic acid groups (broad SMARTS) is 1. The van der Waals surface area contributed by atoms with Crippen molar-refractivity contribution >= 4 is 56.8 Å². The van der Waals surface area contributed by atoms with Crippen LogP contribution in [0.1, 0.15) is 24.8 Å². The molecule has 2 unspecified atom stereocenters. The zero-order chi connectivity index (χ0) is 20.3. The molecule has 2 heterocycles. The van der Waals surface area contributed by atoms with E-state index >= 15 is 0 Å². The van der Waals surface area contributed by atoms with Crippen molar-refractivity contribution in [2.75, 3.05) is 23.0 Å². The van der Waals surface area contributed by atoms with Crippen LogP contribution in [0.4, 0.5) is 5.69 Å². The average molecular weight is 422 g/mol. The lowest BCUT2D eigenvalue weighted by Crippen LogP contribution is -2.44. The third-order valence-electron chi connectivity index (χ3n) is 4.66. The van der Waals surface area contributed by atoms with Crippen LogP contribution >= 0.6 is 23.1 Å². The number of anilines is 1. The Bertz CT molecular complexity index is 898. The molecule has 2 amide bonds. The summed E-state index contributed by atoms with van der Waals surface area (Å²) in [5.41, 5.74) is 1.55. The molecule has 9 heteroatoms. The van der Waals surface area contributed by atoms with Crippen molar-refractivity contribution < 1.29 is 19.5 Å². The fourth-order valence-corrected chi connectivity index (χ4v) is 4.72. The van der Waals surface area contributed by atoms with Crippen LogP contribution in [0.2, 0.25) is 0 Å². The fourth-order valence-electron chi connectivity index (χ4n) is 3.22. The number of amides is 2.